The van der Waals surface area contributed by atoms with E-state index in [2.05, 4.69) is 0 Å². The van der Waals surface area contributed by atoms with Crippen LogP contribution in [0.3, 0.4) is 0 Å². The zero-order valence-electron chi connectivity index (χ0n) is 16.3. The Labute approximate surface area is 180 Å². The molecule has 0 radical (unpaired) electrons. The highest BCUT2D eigenvalue weighted by atomic mass is 35.5. The van der Waals surface area contributed by atoms with Gasteiger partial charge in [0.2, 0.25) is 10.0 Å². The second-order valence-electron chi connectivity index (χ2n) is 7.31. The summed E-state index contributed by atoms with van der Waals surface area (Å²) >= 11 is 6.10. The molecule has 1 amide bonds. The maximum atomic E-state index is 13.1. The average molecular weight is 455 g/mol. The topological polar surface area (TPSA) is 116 Å². The summed E-state index contributed by atoms with van der Waals surface area (Å²) in [5.41, 5.74) is 0.635. The largest absolute Gasteiger partial charge is 0.489 e. The van der Waals surface area contributed by atoms with Crippen LogP contribution < -0.4 is 10.2 Å². The van der Waals surface area contributed by atoms with E-state index in [9.17, 15) is 18.3 Å². The van der Waals surface area contributed by atoms with Gasteiger partial charge in [-0.25, -0.2) is 13.9 Å². The van der Waals surface area contributed by atoms with Gasteiger partial charge in [0.05, 0.1) is 10.5 Å². The van der Waals surface area contributed by atoms with E-state index in [4.69, 9.17) is 21.5 Å². The van der Waals surface area contributed by atoms with Gasteiger partial charge in [-0.1, -0.05) is 29.8 Å². The van der Waals surface area contributed by atoms with Gasteiger partial charge >= 0.3 is 0 Å². The van der Waals surface area contributed by atoms with Gasteiger partial charge in [-0.2, -0.15) is 4.31 Å². The van der Waals surface area contributed by atoms with Crippen LogP contribution in [0, 0.1) is 0 Å². The molecule has 0 aromatic heterocycles. The van der Waals surface area contributed by atoms with E-state index >= 15 is 0 Å². The third-order valence-electron chi connectivity index (χ3n) is 5.08. The normalized spacial score (nSPS) is 22.5. The van der Waals surface area contributed by atoms with Crippen LogP contribution in [-0.2, 0) is 21.4 Å². The number of rotatable bonds is 6. The summed E-state index contributed by atoms with van der Waals surface area (Å²) in [6.45, 7) is 1.64. The van der Waals surface area contributed by atoms with Crippen molar-refractivity contribution < 1.29 is 28.3 Å². The van der Waals surface area contributed by atoms with Crippen LogP contribution in [-0.4, -0.2) is 47.1 Å². The number of hydroxylamine groups is 1. The fourth-order valence-corrected chi connectivity index (χ4v) is 5.43. The number of nitrogens with one attached hydrogen (secondary N) is 1. The van der Waals surface area contributed by atoms with Crippen LogP contribution in [0.2, 0.25) is 5.02 Å². The second-order valence-corrected chi connectivity index (χ2v) is 9.60. The Hall–Kier alpha value is -2.17. The maximum Gasteiger partial charge on any atom is 0.264 e. The molecule has 30 heavy (non-hydrogen) atoms. The van der Waals surface area contributed by atoms with Gasteiger partial charge in [0.1, 0.15) is 18.4 Å². The van der Waals surface area contributed by atoms with Gasteiger partial charge < -0.3 is 9.84 Å². The van der Waals surface area contributed by atoms with Crippen LogP contribution in [0.1, 0.15) is 25.3 Å². The summed E-state index contributed by atoms with van der Waals surface area (Å²) in [6.07, 6.45) is 0.604. The second kappa shape index (κ2) is 8.91. The Morgan fingerprint density at radius 3 is 2.57 bits per heavy atom. The number of piperidine rings is 1. The SMILES string of the molecule is C[C@@]1(O)CCCN(S(=O)(=O)c2ccc(OCc3ccccc3Cl)cc2)C1C(=O)NO. The van der Waals surface area contributed by atoms with Crippen molar-refractivity contribution in [3.8, 4) is 5.75 Å². The first-order valence-electron chi connectivity index (χ1n) is 9.31. The number of hydrogen-bond acceptors (Lipinski definition) is 6. The zero-order chi connectivity index (χ0) is 21.9. The van der Waals surface area contributed by atoms with Crippen molar-refractivity contribution in [1.29, 1.82) is 0 Å². The summed E-state index contributed by atoms with van der Waals surface area (Å²) in [6, 6.07) is 11.5. The highest BCUT2D eigenvalue weighted by molar-refractivity contribution is 7.89. The lowest BCUT2D eigenvalue weighted by atomic mass is 9.87. The number of benzene rings is 2. The fraction of sp³-hybridized carbons (Fsp3) is 0.350. The quantitative estimate of drug-likeness (QED) is 0.455. The van der Waals surface area contributed by atoms with Gasteiger partial charge in [0.25, 0.3) is 5.91 Å². The predicted molar refractivity (Wildman–Crippen MR) is 110 cm³/mol. The molecule has 0 aliphatic carbocycles. The van der Waals surface area contributed by atoms with Gasteiger partial charge in [0.15, 0.2) is 0 Å². The van der Waals surface area contributed by atoms with Crippen LogP contribution in [0.4, 0.5) is 0 Å². The van der Waals surface area contributed by atoms with E-state index in [1.54, 1.807) is 6.07 Å². The van der Waals surface area contributed by atoms with Crippen LogP contribution in [0.25, 0.3) is 0 Å². The van der Waals surface area contributed by atoms with E-state index in [1.165, 1.54) is 36.7 Å². The lowest BCUT2D eigenvalue weighted by Crippen LogP contribution is -2.62. The zero-order valence-corrected chi connectivity index (χ0v) is 17.9. The molecule has 2 aromatic carbocycles. The minimum absolute atomic E-state index is 0.0430. The monoisotopic (exact) mass is 454 g/mol. The Kier molecular flexibility index (Phi) is 6.68. The summed E-state index contributed by atoms with van der Waals surface area (Å²) in [5.74, 6) is -0.535. The number of carbonyl (C=O) groups is 1. The molecule has 0 saturated carbocycles. The molecule has 162 valence electrons. The smallest absolute Gasteiger partial charge is 0.264 e. The number of amides is 1. The van der Waals surface area contributed by atoms with Crippen molar-refractivity contribution >= 4 is 27.5 Å². The molecule has 2 aromatic rings. The lowest BCUT2D eigenvalue weighted by Gasteiger charge is -2.42. The lowest BCUT2D eigenvalue weighted by molar-refractivity contribution is -0.144. The van der Waals surface area contributed by atoms with Crippen LogP contribution in [0.5, 0.6) is 5.75 Å². The molecule has 1 saturated heterocycles. The number of nitrogens with zero attached hydrogens (tertiary/aromatic N) is 1. The van der Waals surface area contributed by atoms with Crippen molar-refractivity contribution in [3.05, 3.63) is 59.1 Å². The summed E-state index contributed by atoms with van der Waals surface area (Å²) < 4.78 is 32.9. The predicted octanol–water partition coefficient (Wildman–Crippen LogP) is 2.33. The van der Waals surface area contributed by atoms with E-state index < -0.39 is 27.6 Å². The fourth-order valence-electron chi connectivity index (χ4n) is 3.52. The minimum atomic E-state index is -4.10. The molecule has 1 aliphatic heterocycles. The Morgan fingerprint density at radius 1 is 1.27 bits per heavy atom. The van der Waals surface area contributed by atoms with Gasteiger partial charge in [-0.3, -0.25) is 10.0 Å². The van der Waals surface area contributed by atoms with Crippen molar-refractivity contribution in [2.45, 2.75) is 42.9 Å². The van der Waals surface area contributed by atoms with E-state index in [1.807, 2.05) is 18.2 Å². The molecule has 3 rings (SSSR count). The number of carbonyl (C=O) groups excluding carboxylic acids is 1. The first kappa shape index (κ1) is 22.5. The molecule has 3 N–H and O–H groups in total. The molecular weight excluding hydrogens is 432 g/mol. The third-order valence-corrected chi connectivity index (χ3v) is 7.33. The van der Waals surface area contributed by atoms with Crippen molar-refractivity contribution in [2.75, 3.05) is 6.54 Å². The summed E-state index contributed by atoms with van der Waals surface area (Å²) in [7, 11) is -4.10. The van der Waals surface area contributed by atoms with Gasteiger partial charge in [0, 0.05) is 17.1 Å². The Morgan fingerprint density at radius 2 is 1.93 bits per heavy atom. The Balaban J connectivity index is 1.80. The van der Waals surface area contributed by atoms with Gasteiger partial charge in [-0.15, -0.1) is 0 Å². The van der Waals surface area contributed by atoms with Crippen LogP contribution >= 0.6 is 11.6 Å². The molecule has 10 heteroatoms. The first-order valence-corrected chi connectivity index (χ1v) is 11.1. The third kappa shape index (κ3) is 4.60. The number of hydrogen-bond donors (Lipinski definition) is 3. The molecule has 1 aliphatic rings. The number of halogens is 1. The molecule has 2 atom stereocenters. The molecule has 1 unspecified atom stereocenters. The van der Waals surface area contributed by atoms with Crippen molar-refractivity contribution in [3.63, 3.8) is 0 Å². The van der Waals surface area contributed by atoms with E-state index in [-0.39, 0.29) is 24.5 Å². The van der Waals surface area contributed by atoms with Crippen molar-refractivity contribution in [2.24, 2.45) is 0 Å². The maximum absolute atomic E-state index is 13.1. The molecular formula is C20H23ClN2O6S. The molecule has 1 fully saturated rings. The standard InChI is InChI=1S/C20H23ClN2O6S/c1-20(25)11-4-12-23(18(20)19(24)22-26)30(27,28)16-9-7-15(8-10-16)29-13-14-5-2-3-6-17(14)21/h2-3,5-10,18,25-26H,4,11-13H2,1H3,(H,22,24)/t18?,20-/m1/s1. The molecule has 8 nitrogen and oxygen atoms in total. The number of aliphatic hydroxyl groups is 1. The Bertz CT molecular complexity index is 1010. The number of ether oxygens (including phenoxy) is 1. The summed E-state index contributed by atoms with van der Waals surface area (Å²) in [4.78, 5) is 12.1. The minimum Gasteiger partial charge on any atom is -0.489 e. The molecule has 0 spiro atoms. The van der Waals surface area contributed by atoms with Crippen LogP contribution in [0.15, 0.2) is 53.4 Å². The first-order chi connectivity index (χ1) is 14.2. The molecule has 0 bridgehead atoms. The number of sulfonamides is 1. The van der Waals surface area contributed by atoms with Gasteiger partial charge in [-0.05, 0) is 50.1 Å². The van der Waals surface area contributed by atoms with E-state index in [0.29, 0.717) is 17.2 Å². The molecule has 1 heterocycles. The average Bonchev–Trinajstić information content (AvgIpc) is 2.72. The van der Waals surface area contributed by atoms with E-state index in [0.717, 1.165) is 9.87 Å². The van der Waals surface area contributed by atoms with Crippen molar-refractivity contribution in [1.82, 2.24) is 9.79 Å². The summed E-state index contributed by atoms with van der Waals surface area (Å²) in [5, 5.41) is 20.1. The highest BCUT2D eigenvalue weighted by Crippen LogP contribution is 2.32. The highest BCUT2D eigenvalue weighted by Gasteiger charge is 2.49.